The highest BCUT2D eigenvalue weighted by atomic mass is 35.5. The second-order valence-corrected chi connectivity index (χ2v) is 6.74. The third-order valence-corrected chi connectivity index (χ3v) is 4.76. The van der Waals surface area contributed by atoms with Gasteiger partial charge in [0, 0.05) is 31.5 Å². The van der Waals surface area contributed by atoms with Crippen molar-refractivity contribution in [3.63, 3.8) is 0 Å². The molecule has 0 spiro atoms. The molecule has 0 aliphatic carbocycles. The molecule has 1 N–H and O–H groups in total. The summed E-state index contributed by atoms with van der Waals surface area (Å²) in [6, 6.07) is 9.96. The van der Waals surface area contributed by atoms with Gasteiger partial charge in [0.25, 0.3) is 0 Å². The second kappa shape index (κ2) is 12.0. The molecule has 0 saturated carbocycles. The Labute approximate surface area is 173 Å². The van der Waals surface area contributed by atoms with E-state index in [2.05, 4.69) is 10.3 Å². The number of hydrogen-bond donors (Lipinski definition) is 1. The molecule has 3 rings (SSSR count). The van der Waals surface area contributed by atoms with Gasteiger partial charge in [0.05, 0.1) is 6.20 Å². The SMILES string of the molecule is CNCC1CCCN(C(=O)CCCc2ncc(-c3ccccc3)o2)C1.Cl.Cl. The van der Waals surface area contributed by atoms with Crippen LogP contribution in [0.4, 0.5) is 0 Å². The van der Waals surface area contributed by atoms with Crippen LogP contribution in [0.25, 0.3) is 11.3 Å². The van der Waals surface area contributed by atoms with Gasteiger partial charge in [-0.25, -0.2) is 4.98 Å². The van der Waals surface area contributed by atoms with E-state index in [-0.39, 0.29) is 30.7 Å². The predicted octanol–water partition coefficient (Wildman–Crippen LogP) is 3.97. The third-order valence-electron chi connectivity index (χ3n) is 4.76. The maximum atomic E-state index is 12.4. The molecule has 2 aromatic rings. The Morgan fingerprint density at radius 2 is 2.07 bits per heavy atom. The zero-order chi connectivity index (χ0) is 17.5. The summed E-state index contributed by atoms with van der Waals surface area (Å²) < 4.78 is 5.80. The number of halogens is 2. The van der Waals surface area contributed by atoms with Gasteiger partial charge in [0.15, 0.2) is 11.7 Å². The van der Waals surface area contributed by atoms with Crippen LogP contribution in [0.1, 0.15) is 31.6 Å². The van der Waals surface area contributed by atoms with Crippen molar-refractivity contribution >= 4 is 30.7 Å². The summed E-state index contributed by atoms with van der Waals surface area (Å²) in [6.45, 7) is 2.77. The lowest BCUT2D eigenvalue weighted by Crippen LogP contribution is -2.42. The highest BCUT2D eigenvalue weighted by molar-refractivity contribution is 5.85. The molecule has 1 unspecified atom stereocenters. The van der Waals surface area contributed by atoms with E-state index in [0.717, 1.165) is 43.8 Å². The minimum absolute atomic E-state index is 0. The molecule has 150 valence electrons. The van der Waals surface area contributed by atoms with E-state index >= 15 is 0 Å². The van der Waals surface area contributed by atoms with E-state index in [1.807, 2.05) is 42.3 Å². The molecule has 1 aromatic heterocycles. The number of carbonyl (C=O) groups excluding carboxylic acids is 1. The number of hydrogen-bond acceptors (Lipinski definition) is 4. The molecule has 27 heavy (non-hydrogen) atoms. The van der Waals surface area contributed by atoms with Crippen LogP contribution in [0.15, 0.2) is 40.9 Å². The lowest BCUT2D eigenvalue weighted by Gasteiger charge is -2.32. The number of nitrogens with one attached hydrogen (secondary N) is 1. The molecule has 0 radical (unpaired) electrons. The van der Waals surface area contributed by atoms with E-state index in [1.54, 1.807) is 6.20 Å². The van der Waals surface area contributed by atoms with Crippen LogP contribution >= 0.6 is 24.8 Å². The highest BCUT2D eigenvalue weighted by Gasteiger charge is 2.22. The topological polar surface area (TPSA) is 58.4 Å². The van der Waals surface area contributed by atoms with Crippen LogP contribution in [0.3, 0.4) is 0 Å². The quantitative estimate of drug-likeness (QED) is 0.745. The van der Waals surface area contributed by atoms with Gasteiger partial charge in [0.1, 0.15) is 0 Å². The molecule has 1 atom stereocenters. The van der Waals surface area contributed by atoms with E-state index in [0.29, 0.717) is 24.7 Å². The maximum absolute atomic E-state index is 12.4. The Hall–Kier alpha value is -1.56. The minimum atomic E-state index is 0. The first-order valence-electron chi connectivity index (χ1n) is 9.19. The monoisotopic (exact) mass is 413 g/mol. The second-order valence-electron chi connectivity index (χ2n) is 6.74. The summed E-state index contributed by atoms with van der Waals surface area (Å²) in [5.41, 5.74) is 1.03. The minimum Gasteiger partial charge on any atom is -0.441 e. The van der Waals surface area contributed by atoms with Crippen LogP contribution < -0.4 is 5.32 Å². The van der Waals surface area contributed by atoms with E-state index in [4.69, 9.17) is 4.42 Å². The normalized spacial score (nSPS) is 16.3. The van der Waals surface area contributed by atoms with Gasteiger partial charge >= 0.3 is 0 Å². The standard InChI is InChI=1S/C20H27N3O2.2ClH/c1-21-13-16-7-6-12-23(15-16)20(24)11-5-10-19-22-14-18(25-19)17-8-3-2-4-9-17;;/h2-4,8-9,14,16,21H,5-7,10-13,15H2,1H3;2*1H. The average Bonchev–Trinajstić information content (AvgIpc) is 3.12. The molecule has 1 aromatic carbocycles. The van der Waals surface area contributed by atoms with Gasteiger partial charge in [-0.05, 0) is 38.8 Å². The molecule has 1 saturated heterocycles. The van der Waals surface area contributed by atoms with Gasteiger partial charge in [-0.1, -0.05) is 30.3 Å². The number of rotatable bonds is 7. The fourth-order valence-electron chi connectivity index (χ4n) is 3.46. The Morgan fingerprint density at radius 3 is 2.81 bits per heavy atom. The van der Waals surface area contributed by atoms with Gasteiger partial charge in [-0.3, -0.25) is 4.79 Å². The van der Waals surface area contributed by atoms with Crippen LogP contribution in [0.5, 0.6) is 0 Å². The summed E-state index contributed by atoms with van der Waals surface area (Å²) in [5, 5.41) is 3.22. The van der Waals surface area contributed by atoms with Crippen LogP contribution in [-0.2, 0) is 11.2 Å². The van der Waals surface area contributed by atoms with E-state index in [9.17, 15) is 4.79 Å². The van der Waals surface area contributed by atoms with Gasteiger partial charge in [-0.2, -0.15) is 0 Å². The fraction of sp³-hybridized carbons (Fsp3) is 0.500. The largest absolute Gasteiger partial charge is 0.441 e. The number of oxazole rings is 1. The number of amides is 1. The Morgan fingerprint density at radius 1 is 1.30 bits per heavy atom. The van der Waals surface area contributed by atoms with Crippen molar-refractivity contribution in [2.24, 2.45) is 5.92 Å². The Bertz CT molecular complexity index is 677. The van der Waals surface area contributed by atoms with E-state index < -0.39 is 0 Å². The molecule has 1 fully saturated rings. The summed E-state index contributed by atoms with van der Waals surface area (Å²) >= 11 is 0. The fourth-order valence-corrected chi connectivity index (χ4v) is 3.46. The van der Waals surface area contributed by atoms with Crippen molar-refractivity contribution in [1.82, 2.24) is 15.2 Å². The maximum Gasteiger partial charge on any atom is 0.222 e. The molecule has 5 nitrogen and oxygen atoms in total. The number of carbonyl (C=O) groups is 1. The van der Waals surface area contributed by atoms with Crippen LogP contribution in [0, 0.1) is 5.92 Å². The van der Waals surface area contributed by atoms with Crippen molar-refractivity contribution in [3.05, 3.63) is 42.4 Å². The molecular formula is C20H29Cl2N3O2. The zero-order valence-corrected chi connectivity index (χ0v) is 17.4. The molecule has 0 bridgehead atoms. The average molecular weight is 414 g/mol. The first-order chi connectivity index (χ1) is 12.3. The van der Waals surface area contributed by atoms with Crippen LogP contribution in [-0.4, -0.2) is 42.5 Å². The number of benzene rings is 1. The number of likely N-dealkylation sites (tertiary alicyclic amines) is 1. The summed E-state index contributed by atoms with van der Waals surface area (Å²) in [4.78, 5) is 18.8. The molecule has 2 heterocycles. The first-order valence-corrected chi connectivity index (χ1v) is 9.19. The smallest absolute Gasteiger partial charge is 0.222 e. The van der Waals surface area contributed by atoms with Gasteiger partial charge in [-0.15, -0.1) is 24.8 Å². The van der Waals surface area contributed by atoms with Crippen molar-refractivity contribution in [3.8, 4) is 11.3 Å². The van der Waals surface area contributed by atoms with Crippen LogP contribution in [0.2, 0.25) is 0 Å². The number of aromatic nitrogens is 1. The number of nitrogens with zero attached hydrogens (tertiary/aromatic N) is 2. The molecule has 1 amide bonds. The molecule has 7 heteroatoms. The first kappa shape index (κ1) is 23.5. The van der Waals surface area contributed by atoms with Crippen molar-refractivity contribution in [1.29, 1.82) is 0 Å². The van der Waals surface area contributed by atoms with E-state index in [1.165, 1.54) is 6.42 Å². The lowest BCUT2D eigenvalue weighted by atomic mass is 9.97. The van der Waals surface area contributed by atoms with Gasteiger partial charge < -0.3 is 14.6 Å². The molecule has 1 aliphatic rings. The molecule has 1 aliphatic heterocycles. The van der Waals surface area contributed by atoms with Crippen molar-refractivity contribution in [2.45, 2.75) is 32.1 Å². The summed E-state index contributed by atoms with van der Waals surface area (Å²) in [7, 11) is 1.97. The van der Waals surface area contributed by atoms with Crippen molar-refractivity contribution in [2.75, 3.05) is 26.7 Å². The number of aryl methyl sites for hydroxylation is 1. The Kier molecular flexibility index (Phi) is 10.4. The number of piperidine rings is 1. The molecular weight excluding hydrogens is 385 g/mol. The zero-order valence-electron chi connectivity index (χ0n) is 15.7. The predicted molar refractivity (Wildman–Crippen MR) is 113 cm³/mol. The van der Waals surface area contributed by atoms with Crippen molar-refractivity contribution < 1.29 is 9.21 Å². The van der Waals surface area contributed by atoms with Gasteiger partial charge in [0.2, 0.25) is 5.91 Å². The highest BCUT2D eigenvalue weighted by Crippen LogP contribution is 2.21. The lowest BCUT2D eigenvalue weighted by molar-refractivity contribution is -0.133. The third kappa shape index (κ3) is 6.83. The summed E-state index contributed by atoms with van der Waals surface area (Å²) in [6.07, 6.45) is 6.13. The summed E-state index contributed by atoms with van der Waals surface area (Å²) in [5.74, 6) is 2.34. The Balaban J connectivity index is 0.00000182.